The fourth-order valence-electron chi connectivity index (χ4n) is 4.54. The first-order valence-electron chi connectivity index (χ1n) is 9.70. The first-order chi connectivity index (χ1) is 11.7. The number of hydrogen-bond acceptors (Lipinski definition) is 4. The van der Waals surface area contributed by atoms with E-state index in [1.807, 2.05) is 25.7 Å². The van der Waals surface area contributed by atoms with E-state index in [1.54, 1.807) is 4.90 Å². The van der Waals surface area contributed by atoms with E-state index in [0.29, 0.717) is 32.5 Å². The van der Waals surface area contributed by atoms with Crippen molar-refractivity contribution in [2.75, 3.05) is 19.6 Å². The molecule has 0 bridgehead atoms. The van der Waals surface area contributed by atoms with Gasteiger partial charge in [0.15, 0.2) is 0 Å². The molecule has 0 aromatic rings. The molecule has 142 valence electrons. The molecule has 2 heterocycles. The number of fused-ring (bicyclic) bond motifs is 1. The molecule has 0 unspecified atom stereocenters. The topological polar surface area (TPSA) is 70.1 Å². The lowest BCUT2D eigenvalue weighted by molar-refractivity contribution is -0.147. The third-order valence-electron chi connectivity index (χ3n) is 5.91. The van der Waals surface area contributed by atoms with Gasteiger partial charge in [0.2, 0.25) is 5.91 Å². The molecule has 2 amide bonds. The zero-order valence-corrected chi connectivity index (χ0v) is 15.8. The summed E-state index contributed by atoms with van der Waals surface area (Å²) in [5.74, 6) is 0.200. The third-order valence-corrected chi connectivity index (χ3v) is 5.91. The van der Waals surface area contributed by atoms with E-state index < -0.39 is 23.3 Å². The van der Waals surface area contributed by atoms with Crippen LogP contribution in [0, 0.1) is 5.92 Å². The normalized spacial score (nSPS) is 33.1. The first-order valence-corrected chi connectivity index (χ1v) is 9.70. The minimum atomic E-state index is -0.588. The zero-order valence-electron chi connectivity index (χ0n) is 15.8. The molecule has 3 aliphatic rings. The molecule has 1 aliphatic carbocycles. The van der Waals surface area contributed by atoms with Crippen LogP contribution in [0.25, 0.3) is 0 Å². The Kier molecular flexibility index (Phi) is 5.02. The first kappa shape index (κ1) is 18.5. The van der Waals surface area contributed by atoms with Crippen molar-refractivity contribution in [1.29, 1.82) is 0 Å². The van der Waals surface area contributed by atoms with Gasteiger partial charge >= 0.3 is 6.09 Å². The maximum atomic E-state index is 13.1. The highest BCUT2D eigenvalue weighted by molar-refractivity contribution is 5.86. The molecule has 0 aromatic heterocycles. The lowest BCUT2D eigenvalue weighted by Crippen LogP contribution is -2.58. The molecule has 2 aliphatic heterocycles. The van der Waals surface area contributed by atoms with Gasteiger partial charge in [-0.05, 0) is 52.9 Å². The number of carbonyl (C=O) groups is 2. The highest BCUT2D eigenvalue weighted by Crippen LogP contribution is 2.40. The largest absolute Gasteiger partial charge is 0.444 e. The summed E-state index contributed by atoms with van der Waals surface area (Å²) in [6.45, 7) is 7.30. The number of rotatable bonds is 1. The van der Waals surface area contributed by atoms with E-state index in [0.717, 1.165) is 32.1 Å². The number of piperidine rings is 1. The van der Waals surface area contributed by atoms with Crippen LogP contribution in [0.3, 0.4) is 0 Å². The Morgan fingerprint density at radius 3 is 2.56 bits per heavy atom. The molecule has 25 heavy (non-hydrogen) atoms. The summed E-state index contributed by atoms with van der Waals surface area (Å²) in [7, 11) is 0. The van der Waals surface area contributed by atoms with Crippen molar-refractivity contribution < 1.29 is 19.4 Å². The van der Waals surface area contributed by atoms with Gasteiger partial charge in [0.25, 0.3) is 0 Å². The van der Waals surface area contributed by atoms with Crippen molar-refractivity contribution in [3.63, 3.8) is 0 Å². The average molecular weight is 352 g/mol. The fourth-order valence-corrected chi connectivity index (χ4v) is 4.54. The SMILES string of the molecule is CC(C)(C)OC(=O)N1CCC[C@H]1C(=O)N1CC[C@]2(O)CCCC[C@@H]2C1. The van der Waals surface area contributed by atoms with Crippen LogP contribution in [0.1, 0.15) is 65.7 Å². The Morgan fingerprint density at radius 1 is 1.08 bits per heavy atom. The molecule has 0 spiro atoms. The second kappa shape index (κ2) is 6.78. The Balaban J connectivity index is 1.65. The molecule has 3 atom stereocenters. The smallest absolute Gasteiger partial charge is 0.410 e. The molecule has 2 saturated heterocycles. The van der Waals surface area contributed by atoms with Gasteiger partial charge in [0.1, 0.15) is 11.6 Å². The van der Waals surface area contributed by atoms with Gasteiger partial charge in [-0.1, -0.05) is 12.8 Å². The van der Waals surface area contributed by atoms with E-state index in [1.165, 1.54) is 0 Å². The average Bonchev–Trinajstić information content (AvgIpc) is 3.01. The summed E-state index contributed by atoms with van der Waals surface area (Å²) < 4.78 is 5.47. The second-order valence-electron chi connectivity index (χ2n) is 8.91. The van der Waals surface area contributed by atoms with Crippen LogP contribution in [0.2, 0.25) is 0 Å². The molecular weight excluding hydrogens is 320 g/mol. The van der Waals surface area contributed by atoms with Gasteiger partial charge in [-0.15, -0.1) is 0 Å². The van der Waals surface area contributed by atoms with Gasteiger partial charge in [0, 0.05) is 25.6 Å². The predicted octanol–water partition coefficient (Wildman–Crippen LogP) is 2.54. The van der Waals surface area contributed by atoms with Crippen molar-refractivity contribution in [3.05, 3.63) is 0 Å². The lowest BCUT2D eigenvalue weighted by atomic mass is 9.71. The molecule has 6 heteroatoms. The number of nitrogens with zero attached hydrogens (tertiary/aromatic N) is 2. The molecule has 1 N–H and O–H groups in total. The number of likely N-dealkylation sites (tertiary alicyclic amines) is 2. The van der Waals surface area contributed by atoms with Crippen LogP contribution in [0.15, 0.2) is 0 Å². The van der Waals surface area contributed by atoms with Crippen molar-refractivity contribution >= 4 is 12.0 Å². The van der Waals surface area contributed by atoms with Crippen LogP contribution in [-0.4, -0.2) is 63.8 Å². The van der Waals surface area contributed by atoms with Gasteiger partial charge in [0.05, 0.1) is 5.60 Å². The zero-order chi connectivity index (χ0) is 18.2. The van der Waals surface area contributed by atoms with Gasteiger partial charge in [-0.3, -0.25) is 9.69 Å². The molecule has 0 aromatic carbocycles. The number of carbonyl (C=O) groups excluding carboxylic acids is 2. The third kappa shape index (κ3) is 3.94. The Bertz CT molecular complexity index is 530. The summed E-state index contributed by atoms with van der Waals surface area (Å²) in [4.78, 5) is 29.0. The number of ether oxygens (including phenoxy) is 1. The number of aliphatic hydroxyl groups is 1. The molecular formula is C19H32N2O4. The maximum Gasteiger partial charge on any atom is 0.410 e. The van der Waals surface area contributed by atoms with Crippen molar-refractivity contribution in [2.24, 2.45) is 5.92 Å². The van der Waals surface area contributed by atoms with E-state index in [2.05, 4.69) is 0 Å². The summed E-state index contributed by atoms with van der Waals surface area (Å²) in [6, 6.07) is -0.412. The molecule has 3 rings (SSSR count). The summed E-state index contributed by atoms with van der Waals surface area (Å²) in [5, 5.41) is 10.8. The summed E-state index contributed by atoms with van der Waals surface area (Å²) in [5.41, 5.74) is -1.15. The van der Waals surface area contributed by atoms with Crippen LogP contribution in [0.4, 0.5) is 4.79 Å². The predicted molar refractivity (Wildman–Crippen MR) is 94.1 cm³/mol. The van der Waals surface area contributed by atoms with Gasteiger partial charge < -0.3 is 14.7 Å². The van der Waals surface area contributed by atoms with E-state index in [4.69, 9.17) is 4.74 Å². The van der Waals surface area contributed by atoms with Crippen LogP contribution >= 0.6 is 0 Å². The second-order valence-corrected chi connectivity index (χ2v) is 8.91. The molecule has 3 fully saturated rings. The maximum absolute atomic E-state index is 13.1. The van der Waals surface area contributed by atoms with Crippen molar-refractivity contribution in [1.82, 2.24) is 9.80 Å². The Labute approximate surface area is 150 Å². The Morgan fingerprint density at radius 2 is 1.84 bits per heavy atom. The van der Waals surface area contributed by atoms with Gasteiger partial charge in [-0.25, -0.2) is 4.79 Å². The quantitative estimate of drug-likeness (QED) is 0.787. The number of amides is 2. The Hall–Kier alpha value is -1.30. The minimum Gasteiger partial charge on any atom is -0.444 e. The number of hydrogen-bond donors (Lipinski definition) is 1. The van der Waals surface area contributed by atoms with Crippen LogP contribution < -0.4 is 0 Å². The van der Waals surface area contributed by atoms with Gasteiger partial charge in [-0.2, -0.15) is 0 Å². The minimum absolute atomic E-state index is 0.0241. The van der Waals surface area contributed by atoms with E-state index in [-0.39, 0.29) is 11.8 Å². The van der Waals surface area contributed by atoms with Crippen molar-refractivity contribution in [2.45, 2.75) is 83.0 Å². The lowest BCUT2D eigenvalue weighted by Gasteiger charge is -2.48. The van der Waals surface area contributed by atoms with E-state index >= 15 is 0 Å². The van der Waals surface area contributed by atoms with Crippen LogP contribution in [0.5, 0.6) is 0 Å². The fraction of sp³-hybridized carbons (Fsp3) is 0.895. The van der Waals surface area contributed by atoms with Crippen molar-refractivity contribution in [3.8, 4) is 0 Å². The standard InChI is InChI=1S/C19H32N2O4/c1-18(2,3)25-17(23)21-11-6-8-15(21)16(22)20-12-10-19(24)9-5-4-7-14(19)13-20/h14-15,24H,4-13H2,1-3H3/t14-,15+,19-/m1/s1. The molecule has 0 radical (unpaired) electrons. The monoisotopic (exact) mass is 352 g/mol. The summed E-state index contributed by atoms with van der Waals surface area (Å²) in [6.07, 6.45) is 5.84. The van der Waals surface area contributed by atoms with E-state index in [9.17, 15) is 14.7 Å². The summed E-state index contributed by atoms with van der Waals surface area (Å²) >= 11 is 0. The van der Waals surface area contributed by atoms with Crippen LogP contribution in [-0.2, 0) is 9.53 Å². The molecule has 1 saturated carbocycles. The highest BCUT2D eigenvalue weighted by Gasteiger charge is 2.46. The molecule has 6 nitrogen and oxygen atoms in total. The highest BCUT2D eigenvalue weighted by atomic mass is 16.6.